The van der Waals surface area contributed by atoms with Crippen LogP contribution in [0.1, 0.15) is 12.5 Å². The number of rotatable bonds is 5. The van der Waals surface area contributed by atoms with Gasteiger partial charge in [-0.2, -0.15) is 0 Å². The summed E-state index contributed by atoms with van der Waals surface area (Å²) in [5, 5.41) is 4.11. The van der Waals surface area contributed by atoms with Crippen LogP contribution in [0.5, 0.6) is 5.75 Å². The Morgan fingerprint density at radius 1 is 1.11 bits per heavy atom. The first kappa shape index (κ1) is 12.8. The minimum Gasteiger partial charge on any atom is -0.494 e. The third kappa shape index (κ3) is 3.67. The van der Waals surface area contributed by atoms with E-state index in [0.717, 1.165) is 28.6 Å². The fourth-order valence-electron chi connectivity index (χ4n) is 1.69. The minimum absolute atomic E-state index is 0.690. The lowest BCUT2D eigenvalue weighted by atomic mass is 10.2. The number of benzene rings is 2. The van der Waals surface area contributed by atoms with Crippen LogP contribution in [0.2, 0.25) is 5.02 Å². The molecule has 18 heavy (non-hydrogen) atoms. The second-order valence-electron chi connectivity index (χ2n) is 3.94. The molecule has 0 radical (unpaired) electrons. The molecular formula is C15H16ClNO. The van der Waals surface area contributed by atoms with E-state index < -0.39 is 0 Å². The normalized spacial score (nSPS) is 10.1. The molecule has 2 aromatic rings. The summed E-state index contributed by atoms with van der Waals surface area (Å²) in [5.41, 5.74) is 2.23. The van der Waals surface area contributed by atoms with Gasteiger partial charge in [0.1, 0.15) is 5.75 Å². The molecule has 3 heteroatoms. The Balaban J connectivity index is 1.93. The van der Waals surface area contributed by atoms with Crippen molar-refractivity contribution in [2.75, 3.05) is 11.9 Å². The molecule has 0 fully saturated rings. The van der Waals surface area contributed by atoms with Crippen LogP contribution in [0.15, 0.2) is 48.5 Å². The topological polar surface area (TPSA) is 21.3 Å². The van der Waals surface area contributed by atoms with E-state index in [0.29, 0.717) is 6.61 Å². The highest BCUT2D eigenvalue weighted by molar-refractivity contribution is 6.30. The summed E-state index contributed by atoms with van der Waals surface area (Å²) in [5.74, 6) is 0.894. The summed E-state index contributed by atoms with van der Waals surface area (Å²) < 4.78 is 5.39. The second-order valence-corrected chi connectivity index (χ2v) is 4.38. The molecule has 0 bridgehead atoms. The Morgan fingerprint density at radius 2 is 1.89 bits per heavy atom. The summed E-state index contributed by atoms with van der Waals surface area (Å²) in [6.07, 6.45) is 0. The predicted octanol–water partition coefficient (Wildman–Crippen LogP) is 4.35. The maximum atomic E-state index is 5.94. The lowest BCUT2D eigenvalue weighted by Crippen LogP contribution is -1.99. The zero-order chi connectivity index (χ0) is 12.8. The Hall–Kier alpha value is -1.67. The van der Waals surface area contributed by atoms with Crippen molar-refractivity contribution in [3.8, 4) is 5.75 Å². The van der Waals surface area contributed by atoms with Gasteiger partial charge in [0.15, 0.2) is 0 Å². The van der Waals surface area contributed by atoms with Gasteiger partial charge in [0.05, 0.1) is 6.61 Å². The molecule has 2 rings (SSSR count). The van der Waals surface area contributed by atoms with Crippen LogP contribution in [0.3, 0.4) is 0 Å². The second kappa shape index (κ2) is 6.31. The number of nitrogens with one attached hydrogen (secondary N) is 1. The third-order valence-electron chi connectivity index (χ3n) is 2.55. The molecule has 0 saturated carbocycles. The fourth-order valence-corrected chi connectivity index (χ4v) is 1.90. The molecule has 0 amide bonds. The first-order valence-corrected chi connectivity index (χ1v) is 6.37. The maximum absolute atomic E-state index is 5.94. The molecule has 2 aromatic carbocycles. The summed E-state index contributed by atoms with van der Waals surface area (Å²) in [6, 6.07) is 15.8. The number of anilines is 1. The average Bonchev–Trinajstić information content (AvgIpc) is 2.38. The van der Waals surface area contributed by atoms with E-state index in [1.807, 2.05) is 55.5 Å². The van der Waals surface area contributed by atoms with Crippen molar-refractivity contribution in [1.82, 2.24) is 0 Å². The van der Waals surface area contributed by atoms with Crippen LogP contribution in [0.25, 0.3) is 0 Å². The first-order valence-electron chi connectivity index (χ1n) is 5.99. The minimum atomic E-state index is 0.690. The van der Waals surface area contributed by atoms with Gasteiger partial charge in [-0.05, 0) is 48.9 Å². The zero-order valence-corrected chi connectivity index (χ0v) is 11.1. The van der Waals surface area contributed by atoms with Crippen LogP contribution in [-0.2, 0) is 6.54 Å². The largest absolute Gasteiger partial charge is 0.494 e. The van der Waals surface area contributed by atoms with E-state index in [4.69, 9.17) is 16.3 Å². The smallest absolute Gasteiger partial charge is 0.119 e. The molecule has 0 aliphatic rings. The van der Waals surface area contributed by atoms with Gasteiger partial charge in [-0.3, -0.25) is 0 Å². The molecule has 1 N–H and O–H groups in total. The summed E-state index contributed by atoms with van der Waals surface area (Å²) in [4.78, 5) is 0. The van der Waals surface area contributed by atoms with Crippen LogP contribution < -0.4 is 10.1 Å². The van der Waals surface area contributed by atoms with Crippen LogP contribution >= 0.6 is 11.6 Å². The fraction of sp³-hybridized carbons (Fsp3) is 0.200. The Morgan fingerprint density at radius 3 is 2.56 bits per heavy atom. The number of halogens is 1. The van der Waals surface area contributed by atoms with Crippen molar-refractivity contribution < 1.29 is 4.74 Å². The van der Waals surface area contributed by atoms with Gasteiger partial charge >= 0.3 is 0 Å². The molecule has 0 saturated heterocycles. The van der Waals surface area contributed by atoms with Gasteiger partial charge in [-0.15, -0.1) is 0 Å². The first-order chi connectivity index (χ1) is 8.78. The maximum Gasteiger partial charge on any atom is 0.119 e. The van der Waals surface area contributed by atoms with Gasteiger partial charge < -0.3 is 10.1 Å². The summed E-state index contributed by atoms with van der Waals surface area (Å²) in [7, 11) is 0. The van der Waals surface area contributed by atoms with E-state index in [1.165, 1.54) is 0 Å². The number of hydrogen-bond donors (Lipinski definition) is 1. The Kier molecular flexibility index (Phi) is 4.48. The molecule has 0 unspecified atom stereocenters. The average molecular weight is 262 g/mol. The molecule has 0 aliphatic heterocycles. The van der Waals surface area contributed by atoms with Crippen LogP contribution in [-0.4, -0.2) is 6.61 Å². The lowest BCUT2D eigenvalue weighted by molar-refractivity contribution is 0.340. The highest BCUT2D eigenvalue weighted by atomic mass is 35.5. The molecular weight excluding hydrogens is 246 g/mol. The van der Waals surface area contributed by atoms with Crippen LogP contribution in [0.4, 0.5) is 5.69 Å². The molecule has 94 valence electrons. The van der Waals surface area contributed by atoms with E-state index >= 15 is 0 Å². The molecule has 0 aromatic heterocycles. The van der Waals surface area contributed by atoms with Gasteiger partial charge in [-0.25, -0.2) is 0 Å². The lowest BCUT2D eigenvalue weighted by Gasteiger charge is -2.08. The molecule has 0 heterocycles. The SMILES string of the molecule is CCOc1ccc(NCc2cccc(Cl)c2)cc1. The number of ether oxygens (including phenoxy) is 1. The van der Waals surface area contributed by atoms with Gasteiger partial charge in [0.25, 0.3) is 0 Å². The van der Waals surface area contributed by atoms with Crippen molar-refractivity contribution >= 4 is 17.3 Å². The molecule has 0 spiro atoms. The highest BCUT2D eigenvalue weighted by Gasteiger charge is 1.96. The summed E-state index contributed by atoms with van der Waals surface area (Å²) >= 11 is 5.94. The van der Waals surface area contributed by atoms with Gasteiger partial charge in [-0.1, -0.05) is 23.7 Å². The molecule has 2 nitrogen and oxygen atoms in total. The zero-order valence-electron chi connectivity index (χ0n) is 10.3. The Labute approximate surface area is 113 Å². The van der Waals surface area contributed by atoms with Gasteiger partial charge in [0.2, 0.25) is 0 Å². The summed E-state index contributed by atoms with van der Waals surface area (Å²) in [6.45, 7) is 3.43. The van der Waals surface area contributed by atoms with Crippen molar-refractivity contribution in [2.24, 2.45) is 0 Å². The Bertz CT molecular complexity index is 496. The standard InChI is InChI=1S/C15H16ClNO/c1-2-18-15-8-6-14(7-9-15)17-11-12-4-3-5-13(16)10-12/h3-10,17H,2,11H2,1H3. The van der Waals surface area contributed by atoms with Crippen molar-refractivity contribution in [3.63, 3.8) is 0 Å². The van der Waals surface area contributed by atoms with E-state index in [9.17, 15) is 0 Å². The van der Waals surface area contributed by atoms with E-state index in [2.05, 4.69) is 5.32 Å². The monoisotopic (exact) mass is 261 g/mol. The van der Waals surface area contributed by atoms with Crippen LogP contribution in [0, 0.1) is 0 Å². The van der Waals surface area contributed by atoms with E-state index in [1.54, 1.807) is 0 Å². The van der Waals surface area contributed by atoms with Crippen molar-refractivity contribution in [3.05, 3.63) is 59.1 Å². The van der Waals surface area contributed by atoms with Gasteiger partial charge in [0, 0.05) is 17.3 Å². The van der Waals surface area contributed by atoms with Crippen molar-refractivity contribution in [2.45, 2.75) is 13.5 Å². The quantitative estimate of drug-likeness (QED) is 0.864. The number of hydrogen-bond acceptors (Lipinski definition) is 2. The van der Waals surface area contributed by atoms with Crippen molar-refractivity contribution in [1.29, 1.82) is 0 Å². The predicted molar refractivity (Wildman–Crippen MR) is 76.4 cm³/mol. The molecule has 0 aliphatic carbocycles. The third-order valence-corrected chi connectivity index (χ3v) is 2.79. The van der Waals surface area contributed by atoms with E-state index in [-0.39, 0.29) is 0 Å². The highest BCUT2D eigenvalue weighted by Crippen LogP contribution is 2.17. The molecule has 0 atom stereocenters.